The number of nitrogens with one attached hydrogen (secondary N) is 1. The molecule has 1 amide bonds. The first-order valence-corrected chi connectivity index (χ1v) is 8.55. The van der Waals surface area contributed by atoms with Gasteiger partial charge in [0.15, 0.2) is 0 Å². The van der Waals surface area contributed by atoms with Crippen molar-refractivity contribution in [3.8, 4) is 0 Å². The number of carbonyl (C=O) groups excluding carboxylic acids is 1. The lowest BCUT2D eigenvalue weighted by Crippen LogP contribution is -2.47. The summed E-state index contributed by atoms with van der Waals surface area (Å²) >= 11 is 0. The van der Waals surface area contributed by atoms with Crippen LogP contribution in [0.25, 0.3) is 0 Å². The lowest BCUT2D eigenvalue weighted by molar-refractivity contribution is 0.0217. The third-order valence-corrected chi connectivity index (χ3v) is 5.08. The van der Waals surface area contributed by atoms with Crippen LogP contribution in [0.5, 0.6) is 0 Å². The smallest absolute Gasteiger partial charge is 0.410 e. The van der Waals surface area contributed by atoms with E-state index >= 15 is 0 Å². The molecule has 0 bridgehead atoms. The average molecular weight is 306 g/mol. The van der Waals surface area contributed by atoms with Crippen molar-refractivity contribution in [3.05, 3.63) is 0 Å². The van der Waals surface area contributed by atoms with Gasteiger partial charge in [0.1, 0.15) is 5.60 Å². The summed E-state index contributed by atoms with van der Waals surface area (Å²) in [6.07, 6.45) is 0.521. The molecule has 0 aromatic heterocycles. The van der Waals surface area contributed by atoms with E-state index in [4.69, 9.17) is 4.74 Å². The SMILES string of the molecule is CC(C)NS(=O)(=O)C1CCN(C(=O)OC(C)(C)C)CC1. The number of carbonyl (C=O) groups is 1. The summed E-state index contributed by atoms with van der Waals surface area (Å²) in [5, 5.41) is -0.427. The Kier molecular flexibility index (Phi) is 5.43. The molecule has 0 aromatic carbocycles. The van der Waals surface area contributed by atoms with Crippen LogP contribution in [0.1, 0.15) is 47.5 Å². The highest BCUT2D eigenvalue weighted by molar-refractivity contribution is 7.90. The van der Waals surface area contributed by atoms with Gasteiger partial charge in [-0.25, -0.2) is 17.9 Å². The Balaban J connectivity index is 2.54. The number of likely N-dealkylation sites (tertiary alicyclic amines) is 1. The number of ether oxygens (including phenoxy) is 1. The molecule has 6 nitrogen and oxygen atoms in total. The first-order valence-electron chi connectivity index (χ1n) is 7.00. The van der Waals surface area contributed by atoms with Crippen LogP contribution < -0.4 is 4.72 Å². The molecule has 1 aliphatic rings. The van der Waals surface area contributed by atoms with Crippen LogP contribution in [0.15, 0.2) is 0 Å². The van der Waals surface area contributed by atoms with Gasteiger partial charge in [-0.15, -0.1) is 0 Å². The largest absolute Gasteiger partial charge is 0.444 e. The molecule has 0 saturated carbocycles. The van der Waals surface area contributed by atoms with Crippen molar-refractivity contribution in [1.82, 2.24) is 9.62 Å². The summed E-state index contributed by atoms with van der Waals surface area (Å²) in [6.45, 7) is 9.87. The maximum atomic E-state index is 12.1. The minimum atomic E-state index is -3.30. The second-order valence-corrected chi connectivity index (χ2v) is 8.48. The molecule has 1 rings (SSSR count). The van der Waals surface area contributed by atoms with E-state index in [0.29, 0.717) is 25.9 Å². The molecule has 1 heterocycles. The van der Waals surface area contributed by atoms with Crippen molar-refractivity contribution in [2.24, 2.45) is 0 Å². The lowest BCUT2D eigenvalue weighted by Gasteiger charge is -2.33. The van der Waals surface area contributed by atoms with Crippen molar-refractivity contribution in [2.75, 3.05) is 13.1 Å². The van der Waals surface area contributed by atoms with Gasteiger partial charge < -0.3 is 9.64 Å². The molecular formula is C13H26N2O4S. The molecule has 0 spiro atoms. The van der Waals surface area contributed by atoms with E-state index in [2.05, 4.69) is 4.72 Å². The van der Waals surface area contributed by atoms with Gasteiger partial charge in [-0.3, -0.25) is 0 Å². The number of hydrogen-bond donors (Lipinski definition) is 1. The number of amides is 1. The van der Waals surface area contributed by atoms with Crippen molar-refractivity contribution >= 4 is 16.1 Å². The van der Waals surface area contributed by atoms with Gasteiger partial charge >= 0.3 is 6.09 Å². The van der Waals surface area contributed by atoms with E-state index < -0.39 is 20.9 Å². The lowest BCUT2D eigenvalue weighted by atomic mass is 10.1. The Morgan fingerprint density at radius 1 is 1.25 bits per heavy atom. The second kappa shape index (κ2) is 6.30. The normalized spacial score (nSPS) is 18.4. The Bertz CT molecular complexity index is 432. The maximum absolute atomic E-state index is 12.1. The zero-order valence-corrected chi connectivity index (χ0v) is 13.8. The number of piperidine rings is 1. The highest BCUT2D eigenvalue weighted by Crippen LogP contribution is 2.19. The topological polar surface area (TPSA) is 75.7 Å². The predicted octanol–water partition coefficient (Wildman–Crippen LogP) is 1.71. The van der Waals surface area contributed by atoms with Crippen molar-refractivity contribution < 1.29 is 17.9 Å². The van der Waals surface area contributed by atoms with Crippen LogP contribution in [-0.4, -0.2) is 49.4 Å². The molecule has 0 atom stereocenters. The van der Waals surface area contributed by atoms with Crippen LogP contribution in [-0.2, 0) is 14.8 Å². The van der Waals surface area contributed by atoms with E-state index in [1.807, 2.05) is 20.8 Å². The zero-order chi connectivity index (χ0) is 15.6. The third kappa shape index (κ3) is 5.28. The summed E-state index contributed by atoms with van der Waals surface area (Å²) < 4.78 is 32.0. The summed E-state index contributed by atoms with van der Waals surface area (Å²) in [6, 6.07) is -0.108. The van der Waals surface area contributed by atoms with E-state index in [9.17, 15) is 13.2 Å². The molecule has 20 heavy (non-hydrogen) atoms. The maximum Gasteiger partial charge on any atom is 0.410 e. The quantitative estimate of drug-likeness (QED) is 0.861. The van der Waals surface area contributed by atoms with Crippen LogP contribution in [0.3, 0.4) is 0 Å². The van der Waals surface area contributed by atoms with Gasteiger partial charge in [-0.1, -0.05) is 0 Å². The van der Waals surface area contributed by atoms with Gasteiger partial charge in [0.2, 0.25) is 10.0 Å². The van der Waals surface area contributed by atoms with E-state index in [-0.39, 0.29) is 12.1 Å². The van der Waals surface area contributed by atoms with Crippen LogP contribution >= 0.6 is 0 Å². The first-order chi connectivity index (χ1) is 9.01. The number of sulfonamides is 1. The first kappa shape index (κ1) is 17.2. The van der Waals surface area contributed by atoms with Gasteiger partial charge in [-0.2, -0.15) is 0 Å². The molecule has 7 heteroatoms. The van der Waals surface area contributed by atoms with Gasteiger partial charge in [-0.05, 0) is 47.5 Å². The Morgan fingerprint density at radius 3 is 2.15 bits per heavy atom. The minimum absolute atomic E-state index is 0.108. The van der Waals surface area contributed by atoms with Crippen LogP contribution in [0, 0.1) is 0 Å². The van der Waals surface area contributed by atoms with E-state index in [1.54, 1.807) is 18.7 Å². The average Bonchev–Trinajstić information content (AvgIpc) is 2.25. The highest BCUT2D eigenvalue weighted by Gasteiger charge is 2.33. The fraction of sp³-hybridized carbons (Fsp3) is 0.923. The minimum Gasteiger partial charge on any atom is -0.444 e. The number of rotatable bonds is 3. The van der Waals surface area contributed by atoms with Crippen molar-refractivity contribution in [1.29, 1.82) is 0 Å². The van der Waals surface area contributed by atoms with Gasteiger partial charge in [0, 0.05) is 19.1 Å². The Hall–Kier alpha value is -0.820. The molecule has 0 unspecified atom stereocenters. The summed E-state index contributed by atoms with van der Waals surface area (Å²) in [5.74, 6) is 0. The monoisotopic (exact) mass is 306 g/mol. The molecule has 1 saturated heterocycles. The zero-order valence-electron chi connectivity index (χ0n) is 13.0. The molecular weight excluding hydrogens is 280 g/mol. The number of nitrogens with zero attached hydrogens (tertiary/aromatic N) is 1. The molecule has 0 aliphatic carbocycles. The molecule has 118 valence electrons. The Morgan fingerprint density at radius 2 is 1.75 bits per heavy atom. The van der Waals surface area contributed by atoms with Crippen LogP contribution in [0.2, 0.25) is 0 Å². The summed E-state index contributed by atoms with van der Waals surface area (Å²) in [5.41, 5.74) is -0.529. The third-order valence-electron chi connectivity index (χ3n) is 2.93. The predicted molar refractivity (Wildman–Crippen MR) is 78.0 cm³/mol. The molecule has 1 N–H and O–H groups in total. The van der Waals surface area contributed by atoms with Crippen LogP contribution in [0.4, 0.5) is 4.79 Å². The van der Waals surface area contributed by atoms with Gasteiger partial charge in [0.25, 0.3) is 0 Å². The standard InChI is InChI=1S/C13H26N2O4S/c1-10(2)14-20(17,18)11-6-8-15(9-7-11)12(16)19-13(3,4)5/h10-11,14H,6-9H2,1-5H3. The van der Waals surface area contributed by atoms with Gasteiger partial charge in [0.05, 0.1) is 5.25 Å². The van der Waals surface area contributed by atoms with E-state index in [1.165, 1.54) is 0 Å². The molecule has 0 radical (unpaired) electrons. The van der Waals surface area contributed by atoms with E-state index in [0.717, 1.165) is 0 Å². The summed E-state index contributed by atoms with van der Waals surface area (Å²) in [7, 11) is -3.30. The summed E-state index contributed by atoms with van der Waals surface area (Å²) in [4.78, 5) is 13.5. The molecule has 0 aromatic rings. The Labute approximate surface area is 121 Å². The fourth-order valence-corrected chi connectivity index (χ4v) is 3.78. The number of hydrogen-bond acceptors (Lipinski definition) is 4. The molecule has 1 aliphatic heterocycles. The van der Waals surface area contributed by atoms with Crippen molar-refractivity contribution in [2.45, 2.75) is 64.4 Å². The fourth-order valence-electron chi connectivity index (χ4n) is 2.10. The second-order valence-electron chi connectivity index (χ2n) is 6.48. The highest BCUT2D eigenvalue weighted by atomic mass is 32.2. The van der Waals surface area contributed by atoms with Crippen molar-refractivity contribution in [3.63, 3.8) is 0 Å². The molecule has 1 fully saturated rings.